The standard InChI is InChI=1S/C10H9NO3/c11-5-6-1-2-8-7(3-6)4-9(14-8)10(12)13/h1-4H,5,11H2,(H,12,13). The second-order valence-corrected chi connectivity index (χ2v) is 2.99. The molecule has 4 heteroatoms. The zero-order valence-corrected chi connectivity index (χ0v) is 7.36. The van der Waals surface area contributed by atoms with Gasteiger partial charge in [-0.25, -0.2) is 4.79 Å². The highest BCUT2D eigenvalue weighted by Crippen LogP contribution is 2.20. The molecular formula is C10H9NO3. The lowest BCUT2D eigenvalue weighted by atomic mass is 10.1. The van der Waals surface area contributed by atoms with Gasteiger partial charge >= 0.3 is 5.97 Å². The van der Waals surface area contributed by atoms with Crippen molar-refractivity contribution in [2.24, 2.45) is 5.73 Å². The maximum Gasteiger partial charge on any atom is 0.371 e. The van der Waals surface area contributed by atoms with Crippen LogP contribution in [0.3, 0.4) is 0 Å². The molecule has 72 valence electrons. The summed E-state index contributed by atoms with van der Waals surface area (Å²) in [5.74, 6) is -1.11. The number of hydrogen-bond donors (Lipinski definition) is 2. The number of benzene rings is 1. The Balaban J connectivity index is 2.60. The summed E-state index contributed by atoms with van der Waals surface area (Å²) < 4.78 is 5.09. The minimum absolute atomic E-state index is 0.0471. The highest BCUT2D eigenvalue weighted by Gasteiger charge is 2.09. The van der Waals surface area contributed by atoms with Gasteiger partial charge in [0.05, 0.1) is 0 Å². The van der Waals surface area contributed by atoms with Gasteiger partial charge in [0.25, 0.3) is 0 Å². The first-order valence-electron chi connectivity index (χ1n) is 4.16. The quantitative estimate of drug-likeness (QED) is 0.755. The summed E-state index contributed by atoms with van der Waals surface area (Å²) in [7, 11) is 0. The van der Waals surface area contributed by atoms with E-state index in [4.69, 9.17) is 15.3 Å². The summed E-state index contributed by atoms with van der Waals surface area (Å²) in [6.07, 6.45) is 0. The average Bonchev–Trinajstić information content (AvgIpc) is 2.59. The lowest BCUT2D eigenvalue weighted by Gasteiger charge is -1.93. The number of furan rings is 1. The molecule has 0 bridgehead atoms. The first kappa shape index (κ1) is 8.77. The summed E-state index contributed by atoms with van der Waals surface area (Å²) in [5.41, 5.74) is 6.98. The second kappa shape index (κ2) is 3.16. The summed E-state index contributed by atoms with van der Waals surface area (Å²) in [4.78, 5) is 10.6. The van der Waals surface area contributed by atoms with E-state index in [1.807, 2.05) is 12.1 Å². The van der Waals surface area contributed by atoms with Crippen LogP contribution < -0.4 is 5.73 Å². The summed E-state index contributed by atoms with van der Waals surface area (Å²) >= 11 is 0. The molecule has 1 aromatic heterocycles. The largest absolute Gasteiger partial charge is 0.475 e. The Hall–Kier alpha value is -1.81. The van der Waals surface area contributed by atoms with Crippen LogP contribution in [0.5, 0.6) is 0 Å². The average molecular weight is 191 g/mol. The van der Waals surface area contributed by atoms with E-state index in [2.05, 4.69) is 0 Å². The third-order valence-corrected chi connectivity index (χ3v) is 2.03. The van der Waals surface area contributed by atoms with Crippen LogP contribution in [0, 0.1) is 0 Å². The van der Waals surface area contributed by atoms with Crippen LogP contribution in [-0.4, -0.2) is 11.1 Å². The number of hydrogen-bond acceptors (Lipinski definition) is 3. The van der Waals surface area contributed by atoms with Gasteiger partial charge in [-0.05, 0) is 23.8 Å². The first-order chi connectivity index (χ1) is 6.70. The number of fused-ring (bicyclic) bond motifs is 1. The van der Waals surface area contributed by atoms with E-state index in [1.54, 1.807) is 6.07 Å². The molecule has 0 aliphatic heterocycles. The fourth-order valence-electron chi connectivity index (χ4n) is 1.33. The molecule has 0 atom stereocenters. The number of nitrogens with two attached hydrogens (primary N) is 1. The van der Waals surface area contributed by atoms with Gasteiger partial charge in [0.15, 0.2) is 0 Å². The van der Waals surface area contributed by atoms with Crippen LogP contribution in [0.25, 0.3) is 11.0 Å². The molecule has 1 aromatic carbocycles. The highest BCUT2D eigenvalue weighted by atomic mass is 16.4. The zero-order chi connectivity index (χ0) is 10.1. The number of carboxylic acid groups (broad SMARTS) is 1. The molecule has 1 heterocycles. The number of rotatable bonds is 2. The predicted octanol–water partition coefficient (Wildman–Crippen LogP) is 1.59. The molecule has 0 saturated carbocycles. The van der Waals surface area contributed by atoms with Gasteiger partial charge in [0.2, 0.25) is 5.76 Å². The predicted molar refractivity (Wildman–Crippen MR) is 51.1 cm³/mol. The Kier molecular flexibility index (Phi) is 1.98. The highest BCUT2D eigenvalue weighted by molar-refractivity contribution is 5.91. The SMILES string of the molecule is NCc1ccc2oc(C(=O)O)cc2c1. The lowest BCUT2D eigenvalue weighted by Crippen LogP contribution is -1.94. The second-order valence-electron chi connectivity index (χ2n) is 2.99. The smallest absolute Gasteiger partial charge is 0.371 e. The third kappa shape index (κ3) is 1.36. The molecule has 2 rings (SSSR count). The van der Waals surface area contributed by atoms with E-state index in [1.165, 1.54) is 6.07 Å². The molecule has 0 fully saturated rings. The van der Waals surface area contributed by atoms with E-state index >= 15 is 0 Å². The number of aromatic carboxylic acids is 1. The summed E-state index contributed by atoms with van der Waals surface area (Å²) in [5, 5.41) is 9.46. The van der Waals surface area contributed by atoms with Gasteiger partial charge in [-0.1, -0.05) is 6.07 Å². The molecule has 0 aliphatic rings. The molecule has 4 nitrogen and oxygen atoms in total. The van der Waals surface area contributed by atoms with Crippen LogP contribution in [0.4, 0.5) is 0 Å². The Morgan fingerprint density at radius 1 is 1.43 bits per heavy atom. The van der Waals surface area contributed by atoms with Crippen molar-refractivity contribution in [3.8, 4) is 0 Å². The Bertz CT molecular complexity index is 487. The topological polar surface area (TPSA) is 76.5 Å². The molecule has 14 heavy (non-hydrogen) atoms. The lowest BCUT2D eigenvalue weighted by molar-refractivity contribution is 0.0665. The van der Waals surface area contributed by atoms with Crippen molar-refractivity contribution in [2.45, 2.75) is 6.54 Å². The molecule has 0 spiro atoms. The molecule has 0 unspecified atom stereocenters. The fraction of sp³-hybridized carbons (Fsp3) is 0.100. The van der Waals surface area contributed by atoms with Crippen LogP contribution in [-0.2, 0) is 6.54 Å². The van der Waals surface area contributed by atoms with Gasteiger partial charge in [0.1, 0.15) is 5.58 Å². The van der Waals surface area contributed by atoms with E-state index in [0.29, 0.717) is 12.1 Å². The van der Waals surface area contributed by atoms with Gasteiger partial charge < -0.3 is 15.3 Å². The van der Waals surface area contributed by atoms with Crippen molar-refractivity contribution in [1.82, 2.24) is 0 Å². The molecule has 0 radical (unpaired) electrons. The fourth-order valence-corrected chi connectivity index (χ4v) is 1.33. The van der Waals surface area contributed by atoms with Gasteiger partial charge in [-0.3, -0.25) is 0 Å². The van der Waals surface area contributed by atoms with E-state index in [0.717, 1.165) is 10.9 Å². The number of carbonyl (C=O) groups is 1. The van der Waals surface area contributed by atoms with Crippen molar-refractivity contribution in [3.63, 3.8) is 0 Å². The first-order valence-corrected chi connectivity index (χ1v) is 4.16. The molecule has 0 amide bonds. The monoisotopic (exact) mass is 191 g/mol. The van der Waals surface area contributed by atoms with Gasteiger partial charge in [0, 0.05) is 11.9 Å². The molecular weight excluding hydrogens is 182 g/mol. The van der Waals surface area contributed by atoms with Crippen molar-refractivity contribution >= 4 is 16.9 Å². The molecule has 0 aliphatic carbocycles. The molecule has 2 aromatic rings. The van der Waals surface area contributed by atoms with Crippen LogP contribution in [0.1, 0.15) is 16.1 Å². The summed E-state index contributed by atoms with van der Waals surface area (Å²) in [6, 6.07) is 6.86. The van der Waals surface area contributed by atoms with Crippen LogP contribution >= 0.6 is 0 Å². The van der Waals surface area contributed by atoms with Crippen LogP contribution in [0.2, 0.25) is 0 Å². The normalized spacial score (nSPS) is 10.6. The number of carboxylic acids is 1. The van der Waals surface area contributed by atoms with E-state index < -0.39 is 5.97 Å². The summed E-state index contributed by atoms with van der Waals surface area (Å²) in [6.45, 7) is 0.434. The van der Waals surface area contributed by atoms with E-state index in [9.17, 15) is 4.79 Å². The van der Waals surface area contributed by atoms with Gasteiger partial charge in [-0.2, -0.15) is 0 Å². The molecule has 0 saturated heterocycles. The van der Waals surface area contributed by atoms with Crippen molar-refractivity contribution in [3.05, 3.63) is 35.6 Å². The Labute approximate surface area is 79.9 Å². The van der Waals surface area contributed by atoms with E-state index in [-0.39, 0.29) is 5.76 Å². The maximum atomic E-state index is 10.6. The maximum absolute atomic E-state index is 10.6. The zero-order valence-electron chi connectivity index (χ0n) is 7.36. The third-order valence-electron chi connectivity index (χ3n) is 2.03. The van der Waals surface area contributed by atoms with Gasteiger partial charge in [-0.15, -0.1) is 0 Å². The van der Waals surface area contributed by atoms with Crippen molar-refractivity contribution in [1.29, 1.82) is 0 Å². The van der Waals surface area contributed by atoms with Crippen molar-refractivity contribution < 1.29 is 14.3 Å². The van der Waals surface area contributed by atoms with Crippen LogP contribution in [0.15, 0.2) is 28.7 Å². The van der Waals surface area contributed by atoms with Crippen molar-refractivity contribution in [2.75, 3.05) is 0 Å². The Morgan fingerprint density at radius 3 is 2.86 bits per heavy atom. The molecule has 3 N–H and O–H groups in total. The minimum atomic E-state index is -1.06. The minimum Gasteiger partial charge on any atom is -0.475 e. The Morgan fingerprint density at radius 2 is 2.21 bits per heavy atom.